The van der Waals surface area contributed by atoms with Gasteiger partial charge in [-0.1, -0.05) is 39.2 Å². The van der Waals surface area contributed by atoms with E-state index in [9.17, 15) is 22.8 Å². The van der Waals surface area contributed by atoms with E-state index in [1.54, 1.807) is 31.4 Å². The summed E-state index contributed by atoms with van der Waals surface area (Å²) in [6.07, 6.45) is -0.291. The normalized spacial score (nSPS) is 17.2. The number of alkyl halides is 3. The Morgan fingerprint density at radius 3 is 2.42 bits per heavy atom. The molecule has 0 spiro atoms. The molecule has 1 saturated carbocycles. The molecule has 1 fully saturated rings. The van der Waals surface area contributed by atoms with Crippen LogP contribution < -0.4 is 5.32 Å². The molecule has 1 N–H and O–H groups in total. The molecule has 0 aromatic carbocycles. The van der Waals surface area contributed by atoms with Crippen LogP contribution in [0.1, 0.15) is 56.9 Å². The van der Waals surface area contributed by atoms with Crippen LogP contribution in [-0.4, -0.2) is 35.5 Å². The standard InChI is InChI=1S/C18H25F3N2O2S/c1-12(2)11-23(17(25)18(19,20)21)15(14-9-6-10-26-14)16(24)22-13-7-4-3-5-8-13/h6,9-10,12-13,15H,3-5,7-8,11H2,1-2H3,(H,22,24). The number of halogens is 3. The fourth-order valence-corrected chi connectivity index (χ4v) is 4.09. The maximum atomic E-state index is 13.2. The molecule has 1 heterocycles. The SMILES string of the molecule is CC(C)CN(C(=O)C(F)(F)F)C(C(=O)NC1CCCCC1)c1cccs1. The molecule has 146 valence electrons. The summed E-state index contributed by atoms with van der Waals surface area (Å²) < 4.78 is 39.5. The first kappa shape index (κ1) is 20.7. The van der Waals surface area contributed by atoms with Crippen LogP contribution in [0.4, 0.5) is 13.2 Å². The molecular formula is C18H25F3N2O2S. The van der Waals surface area contributed by atoms with Crippen LogP contribution in [0.25, 0.3) is 0 Å². The monoisotopic (exact) mass is 390 g/mol. The number of carbonyl (C=O) groups excluding carboxylic acids is 2. The molecule has 1 atom stereocenters. The Balaban J connectivity index is 2.30. The van der Waals surface area contributed by atoms with Crippen molar-refractivity contribution in [2.45, 2.75) is 64.2 Å². The van der Waals surface area contributed by atoms with Crippen molar-refractivity contribution >= 4 is 23.2 Å². The highest BCUT2D eigenvalue weighted by Gasteiger charge is 2.47. The molecule has 0 radical (unpaired) electrons. The van der Waals surface area contributed by atoms with E-state index in [0.717, 1.165) is 32.1 Å². The molecular weight excluding hydrogens is 365 g/mol. The molecule has 8 heteroatoms. The van der Waals surface area contributed by atoms with Crippen LogP contribution in [-0.2, 0) is 9.59 Å². The summed E-state index contributed by atoms with van der Waals surface area (Å²) in [5.74, 6) is -2.70. The number of amides is 2. The quantitative estimate of drug-likeness (QED) is 0.788. The fourth-order valence-electron chi connectivity index (χ4n) is 3.26. The second-order valence-electron chi connectivity index (χ2n) is 7.11. The van der Waals surface area contributed by atoms with Gasteiger partial charge in [-0.25, -0.2) is 0 Å². The van der Waals surface area contributed by atoms with Gasteiger partial charge in [0.05, 0.1) is 0 Å². The van der Waals surface area contributed by atoms with E-state index < -0.39 is 24.0 Å². The first-order valence-electron chi connectivity index (χ1n) is 8.91. The van der Waals surface area contributed by atoms with Crippen molar-refractivity contribution in [1.29, 1.82) is 0 Å². The number of nitrogens with zero attached hydrogens (tertiary/aromatic N) is 1. The van der Waals surface area contributed by atoms with E-state index in [2.05, 4.69) is 5.32 Å². The Morgan fingerprint density at radius 2 is 1.92 bits per heavy atom. The van der Waals surface area contributed by atoms with Crippen LogP contribution in [0.5, 0.6) is 0 Å². The average molecular weight is 390 g/mol. The van der Waals surface area contributed by atoms with Crippen LogP contribution in [0.3, 0.4) is 0 Å². The summed E-state index contributed by atoms with van der Waals surface area (Å²) in [5.41, 5.74) is 0. The van der Waals surface area contributed by atoms with Gasteiger partial charge in [0, 0.05) is 17.5 Å². The summed E-state index contributed by atoms with van der Waals surface area (Å²) in [6.45, 7) is 3.31. The van der Waals surface area contributed by atoms with Crippen LogP contribution in [0, 0.1) is 5.92 Å². The Kier molecular flexibility index (Phi) is 7.08. The zero-order chi connectivity index (χ0) is 19.3. The zero-order valence-electron chi connectivity index (χ0n) is 15.0. The number of hydrogen-bond acceptors (Lipinski definition) is 3. The molecule has 2 rings (SSSR count). The number of thiophene rings is 1. The van der Waals surface area contributed by atoms with Gasteiger partial charge in [0.15, 0.2) is 0 Å². The molecule has 1 aliphatic carbocycles. The second kappa shape index (κ2) is 8.88. The molecule has 0 bridgehead atoms. The van der Waals surface area contributed by atoms with Crippen LogP contribution >= 0.6 is 11.3 Å². The van der Waals surface area contributed by atoms with E-state index in [-0.39, 0.29) is 18.5 Å². The van der Waals surface area contributed by atoms with Crippen molar-refractivity contribution < 1.29 is 22.8 Å². The lowest BCUT2D eigenvalue weighted by molar-refractivity contribution is -0.189. The third kappa shape index (κ3) is 5.46. The Bertz CT molecular complexity index is 596. The largest absolute Gasteiger partial charge is 0.471 e. The van der Waals surface area contributed by atoms with Crippen molar-refractivity contribution in [3.63, 3.8) is 0 Å². The van der Waals surface area contributed by atoms with Gasteiger partial charge in [0.2, 0.25) is 5.91 Å². The van der Waals surface area contributed by atoms with E-state index >= 15 is 0 Å². The molecule has 1 aromatic heterocycles. The molecule has 4 nitrogen and oxygen atoms in total. The Hall–Kier alpha value is -1.57. The lowest BCUT2D eigenvalue weighted by atomic mass is 9.95. The van der Waals surface area contributed by atoms with Gasteiger partial charge < -0.3 is 10.2 Å². The molecule has 1 aliphatic rings. The fraction of sp³-hybridized carbons (Fsp3) is 0.667. The molecule has 0 aliphatic heterocycles. The Labute approximate surface area is 155 Å². The van der Waals surface area contributed by atoms with Crippen molar-refractivity contribution in [2.24, 2.45) is 5.92 Å². The predicted octanol–water partition coefficient (Wildman–Crippen LogP) is 4.29. The summed E-state index contributed by atoms with van der Waals surface area (Å²) >= 11 is 1.18. The van der Waals surface area contributed by atoms with E-state index in [1.165, 1.54) is 11.3 Å². The minimum atomic E-state index is -5.02. The van der Waals surface area contributed by atoms with Gasteiger partial charge in [0.25, 0.3) is 0 Å². The van der Waals surface area contributed by atoms with Gasteiger partial charge in [-0.3, -0.25) is 9.59 Å². The van der Waals surface area contributed by atoms with E-state index in [4.69, 9.17) is 0 Å². The van der Waals surface area contributed by atoms with Crippen molar-refractivity contribution in [2.75, 3.05) is 6.54 Å². The smallest absolute Gasteiger partial charge is 0.351 e. The number of hydrogen-bond donors (Lipinski definition) is 1. The number of rotatable bonds is 6. The van der Waals surface area contributed by atoms with Crippen LogP contribution in [0.2, 0.25) is 0 Å². The summed E-state index contributed by atoms with van der Waals surface area (Å²) in [5, 5.41) is 4.57. The van der Waals surface area contributed by atoms with Crippen LogP contribution in [0.15, 0.2) is 17.5 Å². The van der Waals surface area contributed by atoms with Gasteiger partial charge in [-0.15, -0.1) is 11.3 Å². The molecule has 2 amide bonds. The van der Waals surface area contributed by atoms with Crippen molar-refractivity contribution in [3.8, 4) is 0 Å². The van der Waals surface area contributed by atoms with Crippen molar-refractivity contribution in [3.05, 3.63) is 22.4 Å². The number of carbonyl (C=O) groups is 2. The Morgan fingerprint density at radius 1 is 1.27 bits per heavy atom. The van der Waals surface area contributed by atoms with E-state index in [0.29, 0.717) is 9.78 Å². The minimum Gasteiger partial charge on any atom is -0.351 e. The second-order valence-corrected chi connectivity index (χ2v) is 8.09. The topological polar surface area (TPSA) is 49.4 Å². The zero-order valence-corrected chi connectivity index (χ0v) is 15.8. The third-order valence-electron chi connectivity index (χ3n) is 4.39. The first-order chi connectivity index (χ1) is 12.2. The lowest BCUT2D eigenvalue weighted by Crippen LogP contribution is -2.51. The molecule has 1 aromatic rings. The highest BCUT2D eigenvalue weighted by molar-refractivity contribution is 7.10. The molecule has 0 saturated heterocycles. The van der Waals surface area contributed by atoms with Gasteiger partial charge in [-0.2, -0.15) is 13.2 Å². The highest BCUT2D eigenvalue weighted by Crippen LogP contribution is 2.31. The van der Waals surface area contributed by atoms with Gasteiger partial charge in [-0.05, 0) is 30.2 Å². The predicted molar refractivity (Wildman–Crippen MR) is 94.7 cm³/mol. The maximum absolute atomic E-state index is 13.2. The van der Waals surface area contributed by atoms with Gasteiger partial charge >= 0.3 is 12.1 Å². The van der Waals surface area contributed by atoms with Gasteiger partial charge in [0.1, 0.15) is 6.04 Å². The molecule has 1 unspecified atom stereocenters. The summed E-state index contributed by atoms with van der Waals surface area (Å²) in [4.78, 5) is 26.1. The van der Waals surface area contributed by atoms with E-state index in [1.807, 2.05) is 0 Å². The third-order valence-corrected chi connectivity index (χ3v) is 5.31. The first-order valence-corrected chi connectivity index (χ1v) is 9.79. The number of nitrogens with one attached hydrogen (secondary N) is 1. The maximum Gasteiger partial charge on any atom is 0.471 e. The lowest BCUT2D eigenvalue weighted by Gasteiger charge is -2.34. The minimum absolute atomic E-state index is 0.0411. The summed E-state index contributed by atoms with van der Waals surface area (Å²) in [6, 6.07) is 1.98. The summed E-state index contributed by atoms with van der Waals surface area (Å²) in [7, 11) is 0. The molecule has 26 heavy (non-hydrogen) atoms. The highest BCUT2D eigenvalue weighted by atomic mass is 32.1. The average Bonchev–Trinajstić information content (AvgIpc) is 3.07. The van der Waals surface area contributed by atoms with Crippen molar-refractivity contribution in [1.82, 2.24) is 10.2 Å².